The lowest BCUT2D eigenvalue weighted by Gasteiger charge is -2.19. The van der Waals surface area contributed by atoms with Gasteiger partial charge in [0.2, 0.25) is 0 Å². The molecule has 0 radical (unpaired) electrons. The first-order valence-corrected chi connectivity index (χ1v) is 11.5. The monoisotopic (exact) mass is 475 g/mol. The molecule has 5 rings (SSSR count). The van der Waals surface area contributed by atoms with E-state index in [0.717, 1.165) is 53.6 Å². The fourth-order valence-corrected chi connectivity index (χ4v) is 4.28. The van der Waals surface area contributed by atoms with Gasteiger partial charge in [-0.15, -0.1) is 0 Å². The first-order valence-electron chi connectivity index (χ1n) is 11.1. The van der Waals surface area contributed by atoms with E-state index < -0.39 is 0 Å². The molecule has 0 unspecified atom stereocenters. The molecule has 0 atom stereocenters. The third-order valence-electron chi connectivity index (χ3n) is 5.81. The van der Waals surface area contributed by atoms with Gasteiger partial charge in [0, 0.05) is 29.7 Å². The van der Waals surface area contributed by atoms with Crippen molar-refractivity contribution in [1.82, 2.24) is 14.9 Å². The largest absolute Gasteiger partial charge is 0.487 e. The van der Waals surface area contributed by atoms with Crippen LogP contribution in [0.4, 0.5) is 15.9 Å². The van der Waals surface area contributed by atoms with Gasteiger partial charge in [0.25, 0.3) is 0 Å². The minimum Gasteiger partial charge on any atom is -0.487 e. The Morgan fingerprint density at radius 1 is 1.06 bits per heavy atom. The molecule has 0 bridgehead atoms. The summed E-state index contributed by atoms with van der Waals surface area (Å²) >= 11 is 6.45. The van der Waals surface area contributed by atoms with Gasteiger partial charge in [-0.25, -0.2) is 14.4 Å². The van der Waals surface area contributed by atoms with Gasteiger partial charge in [-0.05, 0) is 66.9 Å². The third kappa shape index (κ3) is 4.79. The van der Waals surface area contributed by atoms with Crippen molar-refractivity contribution in [3.05, 3.63) is 89.0 Å². The highest BCUT2D eigenvalue weighted by atomic mass is 35.5. The van der Waals surface area contributed by atoms with Crippen LogP contribution in [0, 0.1) is 11.2 Å². The molecule has 172 valence electrons. The summed E-state index contributed by atoms with van der Waals surface area (Å²) in [5.41, 5.74) is 3.09. The highest BCUT2D eigenvalue weighted by Crippen LogP contribution is 2.31. The Balaban J connectivity index is 1.35. The molecule has 6 nitrogen and oxygen atoms in total. The van der Waals surface area contributed by atoms with E-state index in [9.17, 15) is 4.39 Å². The molecular weight excluding hydrogens is 453 g/mol. The number of nitrogens with one attached hydrogen (secondary N) is 2. The van der Waals surface area contributed by atoms with Crippen molar-refractivity contribution in [2.45, 2.75) is 19.4 Å². The molecule has 0 spiro atoms. The molecular formula is C26H23ClFN5O. The summed E-state index contributed by atoms with van der Waals surface area (Å²) in [6.45, 7) is 2.05. The van der Waals surface area contributed by atoms with Crippen LogP contribution in [0.15, 0.2) is 67.0 Å². The van der Waals surface area contributed by atoms with Crippen LogP contribution in [0.25, 0.3) is 10.9 Å². The van der Waals surface area contributed by atoms with Gasteiger partial charge in [0.1, 0.15) is 36.2 Å². The Bertz CT molecular complexity index is 1360. The first-order chi connectivity index (χ1) is 16.6. The predicted octanol–water partition coefficient (Wildman–Crippen LogP) is 6.17. The molecule has 2 N–H and O–H groups in total. The summed E-state index contributed by atoms with van der Waals surface area (Å²) < 4.78 is 19.1. The van der Waals surface area contributed by atoms with Crippen molar-refractivity contribution in [3.8, 4) is 5.75 Å². The van der Waals surface area contributed by atoms with Crippen molar-refractivity contribution in [1.29, 1.82) is 5.41 Å². The molecule has 1 aliphatic heterocycles. The minimum absolute atomic E-state index is 0.215. The minimum atomic E-state index is -0.303. The van der Waals surface area contributed by atoms with Gasteiger partial charge in [-0.2, -0.15) is 0 Å². The SMILES string of the molecule is N=C(c1ccc2ncnc(Nc3ccc(OCc4cccc(F)c4)c(Cl)c3)c2c1)N1CCCC1. The maximum absolute atomic E-state index is 13.4. The van der Waals surface area contributed by atoms with E-state index in [0.29, 0.717) is 22.4 Å². The summed E-state index contributed by atoms with van der Waals surface area (Å²) in [5.74, 6) is 1.36. The maximum atomic E-state index is 13.4. The number of hydrogen-bond acceptors (Lipinski definition) is 5. The van der Waals surface area contributed by atoms with Gasteiger partial charge in [-0.1, -0.05) is 23.7 Å². The average molecular weight is 476 g/mol. The predicted molar refractivity (Wildman–Crippen MR) is 133 cm³/mol. The lowest BCUT2D eigenvalue weighted by Crippen LogP contribution is -2.27. The molecule has 4 aromatic rings. The van der Waals surface area contributed by atoms with Crippen LogP contribution in [0.1, 0.15) is 24.0 Å². The topological polar surface area (TPSA) is 74.1 Å². The van der Waals surface area contributed by atoms with Crippen LogP contribution in [-0.4, -0.2) is 33.8 Å². The highest BCUT2D eigenvalue weighted by molar-refractivity contribution is 6.32. The lowest BCUT2D eigenvalue weighted by atomic mass is 10.1. The van der Waals surface area contributed by atoms with E-state index in [2.05, 4.69) is 20.2 Å². The van der Waals surface area contributed by atoms with Gasteiger partial charge in [0.15, 0.2) is 0 Å². The first kappa shape index (κ1) is 22.1. The summed E-state index contributed by atoms with van der Waals surface area (Å²) in [6.07, 6.45) is 3.75. The van der Waals surface area contributed by atoms with Crippen molar-refractivity contribution < 1.29 is 9.13 Å². The molecule has 34 heavy (non-hydrogen) atoms. The van der Waals surface area contributed by atoms with Crippen LogP contribution in [0.3, 0.4) is 0 Å². The summed E-state index contributed by atoms with van der Waals surface area (Å²) in [6, 6.07) is 17.4. The number of nitrogens with zero attached hydrogens (tertiary/aromatic N) is 3. The average Bonchev–Trinajstić information content (AvgIpc) is 3.38. The molecule has 1 fully saturated rings. The van der Waals surface area contributed by atoms with E-state index in [1.807, 2.05) is 24.3 Å². The van der Waals surface area contributed by atoms with E-state index in [1.54, 1.807) is 24.3 Å². The number of amidine groups is 1. The zero-order valence-corrected chi connectivity index (χ0v) is 19.1. The summed E-state index contributed by atoms with van der Waals surface area (Å²) in [4.78, 5) is 10.9. The second-order valence-electron chi connectivity index (χ2n) is 8.19. The second kappa shape index (κ2) is 9.65. The van der Waals surface area contributed by atoms with Crippen LogP contribution in [0.2, 0.25) is 5.02 Å². The molecule has 0 amide bonds. The number of halogens is 2. The maximum Gasteiger partial charge on any atom is 0.141 e. The van der Waals surface area contributed by atoms with E-state index >= 15 is 0 Å². The van der Waals surface area contributed by atoms with Crippen LogP contribution in [-0.2, 0) is 6.61 Å². The number of aromatic nitrogens is 2. The Morgan fingerprint density at radius 2 is 1.91 bits per heavy atom. The fourth-order valence-electron chi connectivity index (χ4n) is 4.05. The van der Waals surface area contributed by atoms with Crippen LogP contribution >= 0.6 is 11.6 Å². The zero-order chi connectivity index (χ0) is 23.5. The van der Waals surface area contributed by atoms with E-state index in [1.165, 1.54) is 18.5 Å². The number of ether oxygens (including phenoxy) is 1. The molecule has 1 saturated heterocycles. The van der Waals surface area contributed by atoms with Gasteiger partial charge < -0.3 is 15.0 Å². The number of rotatable bonds is 6. The Hall–Kier alpha value is -3.71. The molecule has 1 aliphatic rings. The van der Waals surface area contributed by atoms with Gasteiger partial charge in [0.05, 0.1) is 10.5 Å². The van der Waals surface area contributed by atoms with Crippen LogP contribution in [0.5, 0.6) is 5.75 Å². The highest BCUT2D eigenvalue weighted by Gasteiger charge is 2.17. The normalized spacial score (nSPS) is 13.3. The van der Waals surface area contributed by atoms with E-state index in [4.69, 9.17) is 21.7 Å². The molecule has 0 saturated carbocycles. The van der Waals surface area contributed by atoms with Crippen LogP contribution < -0.4 is 10.1 Å². The molecule has 0 aliphatic carbocycles. The van der Waals surface area contributed by atoms with Gasteiger partial charge >= 0.3 is 0 Å². The Labute approximate surface area is 201 Å². The standard InChI is InChI=1S/C26H23ClFN5O/c27-22-14-20(7-9-24(22)34-15-17-4-3-5-19(28)12-17)32-26-21-13-18(6-8-23(21)30-16-31-26)25(29)33-10-1-2-11-33/h3-9,12-14,16,29H,1-2,10-11,15H2,(H,30,31,32). The number of fused-ring (bicyclic) bond motifs is 1. The van der Waals surface area contributed by atoms with Crippen molar-refractivity contribution >= 4 is 39.8 Å². The summed E-state index contributed by atoms with van der Waals surface area (Å²) in [5, 5.41) is 13.1. The second-order valence-corrected chi connectivity index (χ2v) is 8.59. The Morgan fingerprint density at radius 3 is 2.71 bits per heavy atom. The molecule has 8 heteroatoms. The number of anilines is 2. The third-order valence-corrected chi connectivity index (χ3v) is 6.10. The number of benzene rings is 3. The molecule has 3 aromatic carbocycles. The number of likely N-dealkylation sites (tertiary alicyclic amines) is 1. The quantitative estimate of drug-likeness (QED) is 0.258. The Kier molecular flexibility index (Phi) is 6.27. The smallest absolute Gasteiger partial charge is 0.141 e. The summed E-state index contributed by atoms with van der Waals surface area (Å²) in [7, 11) is 0. The number of hydrogen-bond donors (Lipinski definition) is 2. The van der Waals surface area contributed by atoms with Crippen molar-refractivity contribution in [3.63, 3.8) is 0 Å². The van der Waals surface area contributed by atoms with E-state index in [-0.39, 0.29) is 12.4 Å². The van der Waals surface area contributed by atoms with Crippen molar-refractivity contribution in [2.24, 2.45) is 0 Å². The lowest BCUT2D eigenvalue weighted by molar-refractivity contribution is 0.306. The van der Waals surface area contributed by atoms with Crippen molar-refractivity contribution in [2.75, 3.05) is 18.4 Å². The molecule has 2 heterocycles. The molecule has 1 aromatic heterocycles. The van der Waals surface area contributed by atoms with Gasteiger partial charge in [-0.3, -0.25) is 5.41 Å². The fraction of sp³-hybridized carbons (Fsp3) is 0.192. The zero-order valence-electron chi connectivity index (χ0n) is 18.4.